The van der Waals surface area contributed by atoms with Crippen molar-refractivity contribution in [2.45, 2.75) is 6.42 Å². The number of hydrogen-bond acceptors (Lipinski definition) is 1. The molecule has 98 valence electrons. The average Bonchev–Trinajstić information content (AvgIpc) is 2.34. The van der Waals surface area contributed by atoms with Gasteiger partial charge in [-0.25, -0.2) is 8.78 Å². The van der Waals surface area contributed by atoms with Crippen LogP contribution in [0.4, 0.5) is 14.5 Å². The summed E-state index contributed by atoms with van der Waals surface area (Å²) in [4.78, 5) is 11.7. The van der Waals surface area contributed by atoms with Crippen LogP contribution in [0.1, 0.15) is 5.56 Å². The quantitative estimate of drug-likeness (QED) is 0.910. The smallest absolute Gasteiger partial charge is 0.228 e. The van der Waals surface area contributed by atoms with Gasteiger partial charge in [-0.05, 0) is 51.8 Å². The number of halogens is 3. The average molecular weight is 326 g/mol. The Bertz CT molecular complexity index is 616. The summed E-state index contributed by atoms with van der Waals surface area (Å²) in [6, 6.07) is 10.0. The van der Waals surface area contributed by atoms with Crippen LogP contribution in [0.5, 0.6) is 0 Å². The molecule has 0 radical (unpaired) electrons. The van der Waals surface area contributed by atoms with Gasteiger partial charge in [-0.2, -0.15) is 0 Å². The van der Waals surface area contributed by atoms with E-state index in [1.54, 1.807) is 12.1 Å². The van der Waals surface area contributed by atoms with E-state index in [0.717, 1.165) is 0 Å². The highest BCUT2D eigenvalue weighted by Gasteiger charge is 2.06. The van der Waals surface area contributed by atoms with Crippen LogP contribution in [-0.2, 0) is 11.2 Å². The predicted octanol–water partition coefficient (Wildman–Crippen LogP) is 3.91. The van der Waals surface area contributed by atoms with Crippen molar-refractivity contribution < 1.29 is 13.6 Å². The van der Waals surface area contributed by atoms with E-state index in [1.165, 1.54) is 30.3 Å². The molecule has 0 atom stereocenters. The highest BCUT2D eigenvalue weighted by atomic mass is 79.9. The predicted molar refractivity (Wildman–Crippen MR) is 72.8 cm³/mol. The van der Waals surface area contributed by atoms with Crippen molar-refractivity contribution in [3.63, 3.8) is 0 Å². The second kappa shape index (κ2) is 5.93. The van der Waals surface area contributed by atoms with Crippen LogP contribution >= 0.6 is 15.9 Å². The lowest BCUT2D eigenvalue weighted by atomic mass is 10.1. The van der Waals surface area contributed by atoms with Gasteiger partial charge in [0, 0.05) is 5.69 Å². The minimum atomic E-state index is -0.400. The number of hydrogen-bond donors (Lipinski definition) is 1. The summed E-state index contributed by atoms with van der Waals surface area (Å²) in [5.41, 5.74) is 1.06. The van der Waals surface area contributed by atoms with E-state index in [-0.39, 0.29) is 22.6 Å². The lowest BCUT2D eigenvalue weighted by Crippen LogP contribution is -2.14. The Morgan fingerprint density at radius 3 is 2.63 bits per heavy atom. The molecule has 2 rings (SSSR count). The standard InChI is InChI=1S/C14H10BrF2NO/c15-12-8-11(4-5-13(12)17)18-14(19)7-9-2-1-3-10(16)6-9/h1-6,8H,7H2,(H,18,19). The van der Waals surface area contributed by atoms with Gasteiger partial charge in [0.05, 0.1) is 10.9 Å². The maximum absolute atomic E-state index is 13.0. The van der Waals surface area contributed by atoms with Crippen LogP contribution in [0.25, 0.3) is 0 Å². The zero-order valence-corrected chi connectivity index (χ0v) is 11.4. The Morgan fingerprint density at radius 2 is 1.95 bits per heavy atom. The molecule has 2 nitrogen and oxygen atoms in total. The minimum absolute atomic E-state index is 0.0623. The van der Waals surface area contributed by atoms with E-state index in [0.29, 0.717) is 11.3 Å². The number of carbonyl (C=O) groups is 1. The molecule has 0 unspecified atom stereocenters. The number of rotatable bonds is 3. The second-order valence-electron chi connectivity index (χ2n) is 3.98. The summed E-state index contributed by atoms with van der Waals surface area (Å²) >= 11 is 3.04. The molecule has 0 fully saturated rings. The van der Waals surface area contributed by atoms with Crippen molar-refractivity contribution in [3.8, 4) is 0 Å². The summed E-state index contributed by atoms with van der Waals surface area (Å²) in [5.74, 6) is -1.07. The fraction of sp³-hybridized carbons (Fsp3) is 0.0714. The molecule has 0 aliphatic rings. The van der Waals surface area contributed by atoms with Crippen molar-refractivity contribution in [2.24, 2.45) is 0 Å². The van der Waals surface area contributed by atoms with Crippen LogP contribution in [0.3, 0.4) is 0 Å². The summed E-state index contributed by atoms with van der Waals surface area (Å²) < 4.78 is 26.3. The summed E-state index contributed by atoms with van der Waals surface area (Å²) in [6.45, 7) is 0. The maximum Gasteiger partial charge on any atom is 0.228 e. The van der Waals surface area contributed by atoms with Gasteiger partial charge in [0.2, 0.25) is 5.91 Å². The molecule has 0 bridgehead atoms. The molecule has 2 aromatic carbocycles. The molecular formula is C14H10BrF2NO. The Hall–Kier alpha value is -1.75. The molecule has 0 saturated heterocycles. The Kier molecular flexibility index (Phi) is 4.27. The molecule has 19 heavy (non-hydrogen) atoms. The second-order valence-corrected chi connectivity index (χ2v) is 4.84. The molecule has 1 amide bonds. The molecular weight excluding hydrogens is 316 g/mol. The van der Waals surface area contributed by atoms with E-state index in [9.17, 15) is 13.6 Å². The largest absolute Gasteiger partial charge is 0.326 e. The highest BCUT2D eigenvalue weighted by molar-refractivity contribution is 9.10. The third kappa shape index (κ3) is 3.86. The molecule has 0 aliphatic carbocycles. The number of nitrogens with one attached hydrogen (secondary N) is 1. The van der Waals surface area contributed by atoms with Gasteiger partial charge >= 0.3 is 0 Å². The summed E-state index contributed by atoms with van der Waals surface area (Å²) in [7, 11) is 0. The molecule has 5 heteroatoms. The summed E-state index contributed by atoms with van der Waals surface area (Å²) in [6.07, 6.45) is 0.0623. The molecule has 0 aliphatic heterocycles. The van der Waals surface area contributed by atoms with Gasteiger partial charge in [-0.15, -0.1) is 0 Å². The molecule has 2 aromatic rings. The van der Waals surface area contributed by atoms with E-state index < -0.39 is 5.82 Å². The Balaban J connectivity index is 2.03. The normalized spacial score (nSPS) is 10.3. The van der Waals surface area contributed by atoms with Gasteiger partial charge < -0.3 is 5.32 Å². The van der Waals surface area contributed by atoms with Gasteiger partial charge in [0.1, 0.15) is 11.6 Å². The van der Waals surface area contributed by atoms with Crippen LogP contribution in [0.15, 0.2) is 46.9 Å². The summed E-state index contributed by atoms with van der Waals surface area (Å²) in [5, 5.41) is 2.62. The molecule has 0 spiro atoms. The highest BCUT2D eigenvalue weighted by Crippen LogP contribution is 2.20. The number of amides is 1. The van der Waals surface area contributed by atoms with Crippen LogP contribution in [-0.4, -0.2) is 5.91 Å². The number of carbonyl (C=O) groups excluding carboxylic acids is 1. The van der Waals surface area contributed by atoms with Crippen LogP contribution in [0.2, 0.25) is 0 Å². The molecule has 0 heterocycles. The van der Waals surface area contributed by atoms with Gasteiger partial charge in [0.25, 0.3) is 0 Å². The third-order valence-electron chi connectivity index (χ3n) is 2.46. The fourth-order valence-electron chi connectivity index (χ4n) is 1.61. The zero-order valence-electron chi connectivity index (χ0n) is 9.79. The van der Waals surface area contributed by atoms with Crippen molar-refractivity contribution in [3.05, 3.63) is 64.1 Å². The van der Waals surface area contributed by atoms with Crippen molar-refractivity contribution in [2.75, 3.05) is 5.32 Å². The van der Waals surface area contributed by atoms with E-state index in [1.807, 2.05) is 0 Å². The van der Waals surface area contributed by atoms with Crippen LogP contribution in [0, 0.1) is 11.6 Å². The molecule has 0 saturated carbocycles. The number of anilines is 1. The lowest BCUT2D eigenvalue weighted by molar-refractivity contribution is -0.115. The lowest BCUT2D eigenvalue weighted by Gasteiger charge is -2.06. The van der Waals surface area contributed by atoms with Gasteiger partial charge in [-0.3, -0.25) is 4.79 Å². The molecule has 0 aromatic heterocycles. The van der Waals surface area contributed by atoms with E-state index in [2.05, 4.69) is 21.2 Å². The van der Waals surface area contributed by atoms with Gasteiger partial charge in [0.15, 0.2) is 0 Å². The first-order chi connectivity index (χ1) is 9.04. The van der Waals surface area contributed by atoms with Crippen molar-refractivity contribution in [1.29, 1.82) is 0 Å². The number of benzene rings is 2. The molecule has 1 N–H and O–H groups in total. The fourth-order valence-corrected chi connectivity index (χ4v) is 1.99. The van der Waals surface area contributed by atoms with Crippen LogP contribution < -0.4 is 5.32 Å². The first-order valence-electron chi connectivity index (χ1n) is 5.54. The minimum Gasteiger partial charge on any atom is -0.326 e. The first-order valence-corrected chi connectivity index (χ1v) is 6.33. The maximum atomic E-state index is 13.0. The van der Waals surface area contributed by atoms with E-state index >= 15 is 0 Å². The topological polar surface area (TPSA) is 29.1 Å². The zero-order chi connectivity index (χ0) is 13.8. The Morgan fingerprint density at radius 1 is 1.16 bits per heavy atom. The monoisotopic (exact) mass is 325 g/mol. The first kappa shape index (κ1) is 13.7. The Labute approximate surface area is 117 Å². The van der Waals surface area contributed by atoms with Crippen molar-refractivity contribution >= 4 is 27.5 Å². The SMILES string of the molecule is O=C(Cc1cccc(F)c1)Nc1ccc(F)c(Br)c1. The van der Waals surface area contributed by atoms with E-state index in [4.69, 9.17) is 0 Å². The third-order valence-corrected chi connectivity index (χ3v) is 3.06. The van der Waals surface area contributed by atoms with Crippen molar-refractivity contribution in [1.82, 2.24) is 0 Å². The van der Waals surface area contributed by atoms with Gasteiger partial charge in [-0.1, -0.05) is 12.1 Å².